The van der Waals surface area contributed by atoms with Gasteiger partial charge in [0.05, 0.1) is 11.7 Å². The molecule has 0 bridgehead atoms. The summed E-state index contributed by atoms with van der Waals surface area (Å²) >= 11 is 0. The Balaban J connectivity index is 2.62. The molecule has 0 radical (unpaired) electrons. The van der Waals surface area contributed by atoms with Crippen molar-refractivity contribution in [1.29, 1.82) is 0 Å². The fourth-order valence-electron chi connectivity index (χ4n) is 2.56. The molecule has 5 N–H and O–H groups in total. The number of phenolic OH excluding ortho intramolecular Hbond substituents is 2. The number of benzene rings is 1. The number of aromatic hydroxyl groups is 2. The van der Waals surface area contributed by atoms with E-state index in [0.717, 1.165) is 5.57 Å². The van der Waals surface area contributed by atoms with Crippen molar-refractivity contribution in [2.24, 2.45) is 0 Å². The topological polar surface area (TPSA) is 118 Å². The molecule has 0 spiro atoms. The van der Waals surface area contributed by atoms with Crippen molar-refractivity contribution in [3.8, 4) is 11.5 Å². The van der Waals surface area contributed by atoms with Gasteiger partial charge in [0.15, 0.2) is 0 Å². The Kier molecular flexibility index (Phi) is 8.53. The molecule has 150 valence electrons. The molecule has 27 heavy (non-hydrogen) atoms. The van der Waals surface area contributed by atoms with Crippen LogP contribution in [0.4, 0.5) is 0 Å². The molecule has 1 aromatic rings. The minimum absolute atomic E-state index is 0.00916. The van der Waals surface area contributed by atoms with Crippen LogP contribution in [0, 0.1) is 0 Å². The van der Waals surface area contributed by atoms with Gasteiger partial charge in [-0.2, -0.15) is 0 Å². The summed E-state index contributed by atoms with van der Waals surface area (Å²) in [5.41, 5.74) is 0.574. The highest BCUT2D eigenvalue weighted by molar-refractivity contribution is 5.86. The third-order valence-electron chi connectivity index (χ3n) is 4.44. The van der Waals surface area contributed by atoms with Gasteiger partial charge in [0, 0.05) is 11.1 Å². The molecule has 0 amide bonds. The highest BCUT2D eigenvalue weighted by Gasteiger charge is 2.23. The fourth-order valence-corrected chi connectivity index (χ4v) is 2.56. The number of aliphatic hydroxyl groups is 2. The second kappa shape index (κ2) is 10.1. The smallest absolute Gasteiger partial charge is 0.331 e. The molecular formula is C21H30O6. The van der Waals surface area contributed by atoms with Crippen LogP contribution < -0.4 is 0 Å². The van der Waals surface area contributed by atoms with Crippen LogP contribution in [0.25, 0.3) is 0 Å². The van der Waals surface area contributed by atoms with Crippen LogP contribution >= 0.6 is 0 Å². The zero-order valence-electron chi connectivity index (χ0n) is 16.1. The van der Waals surface area contributed by atoms with Crippen molar-refractivity contribution >= 4 is 5.97 Å². The lowest BCUT2D eigenvalue weighted by Gasteiger charge is -2.24. The number of carbonyl (C=O) groups is 1. The maximum Gasteiger partial charge on any atom is 0.331 e. The number of allylic oxidation sites excluding steroid dienone is 3. The van der Waals surface area contributed by atoms with Crippen molar-refractivity contribution in [2.75, 3.05) is 0 Å². The maximum atomic E-state index is 11.4. The Morgan fingerprint density at radius 2 is 1.85 bits per heavy atom. The summed E-state index contributed by atoms with van der Waals surface area (Å²) in [5, 5.41) is 48.1. The number of aliphatic hydroxyl groups excluding tert-OH is 1. The van der Waals surface area contributed by atoms with E-state index >= 15 is 0 Å². The third kappa shape index (κ3) is 8.28. The SMILES string of the molecule is C/C(=C\CC/C(=C/Cc1cc(O)ccc1O)C(=O)O)CCC(O)C(C)(C)O. The predicted octanol–water partition coefficient (Wildman–Crippen LogP) is 3.29. The Hall–Kier alpha value is -2.31. The average Bonchev–Trinajstić information content (AvgIpc) is 2.57. The predicted molar refractivity (Wildman–Crippen MR) is 104 cm³/mol. The molecule has 0 heterocycles. The van der Waals surface area contributed by atoms with E-state index < -0.39 is 17.7 Å². The number of phenols is 2. The van der Waals surface area contributed by atoms with Crippen molar-refractivity contribution in [3.05, 3.63) is 47.1 Å². The summed E-state index contributed by atoms with van der Waals surface area (Å²) in [6.45, 7) is 5.03. The van der Waals surface area contributed by atoms with Gasteiger partial charge >= 0.3 is 5.97 Å². The van der Waals surface area contributed by atoms with Gasteiger partial charge in [0.25, 0.3) is 0 Å². The van der Waals surface area contributed by atoms with E-state index in [-0.39, 0.29) is 23.5 Å². The average molecular weight is 378 g/mol. The highest BCUT2D eigenvalue weighted by atomic mass is 16.4. The molecular weight excluding hydrogens is 348 g/mol. The van der Waals surface area contributed by atoms with Gasteiger partial charge in [-0.25, -0.2) is 4.79 Å². The highest BCUT2D eigenvalue weighted by Crippen LogP contribution is 2.24. The summed E-state index contributed by atoms with van der Waals surface area (Å²) in [6, 6.07) is 4.14. The standard InChI is InChI=1S/C21H30O6/c1-14(7-12-19(24)21(2,3)27)5-4-6-15(20(25)26)8-9-16-13-17(22)10-11-18(16)23/h5,8,10-11,13,19,22-24,27H,4,6-7,9,12H2,1-3H3,(H,25,26)/b14-5+,15-8-. The van der Waals surface area contributed by atoms with Crippen LogP contribution in [0.1, 0.15) is 52.0 Å². The summed E-state index contributed by atoms with van der Waals surface area (Å²) < 4.78 is 0. The van der Waals surface area contributed by atoms with Crippen LogP contribution in [0.15, 0.2) is 41.5 Å². The summed E-state index contributed by atoms with van der Waals surface area (Å²) in [4.78, 5) is 11.4. The van der Waals surface area contributed by atoms with E-state index in [4.69, 9.17) is 0 Å². The number of hydrogen-bond donors (Lipinski definition) is 5. The second-order valence-corrected chi connectivity index (χ2v) is 7.35. The zero-order chi connectivity index (χ0) is 20.6. The molecule has 0 aliphatic heterocycles. The van der Waals surface area contributed by atoms with Crippen LogP contribution in [-0.4, -0.2) is 43.2 Å². The zero-order valence-corrected chi connectivity index (χ0v) is 16.1. The van der Waals surface area contributed by atoms with Crippen molar-refractivity contribution < 1.29 is 30.3 Å². The van der Waals surface area contributed by atoms with E-state index in [0.29, 0.717) is 31.2 Å². The van der Waals surface area contributed by atoms with E-state index in [2.05, 4.69) is 0 Å². The molecule has 0 aliphatic carbocycles. The van der Waals surface area contributed by atoms with Gasteiger partial charge in [0.2, 0.25) is 0 Å². The number of carboxylic acid groups (broad SMARTS) is 1. The van der Waals surface area contributed by atoms with Crippen molar-refractivity contribution in [2.45, 2.75) is 64.6 Å². The Labute approximate surface area is 160 Å². The molecule has 6 heteroatoms. The third-order valence-corrected chi connectivity index (χ3v) is 4.44. The van der Waals surface area contributed by atoms with Crippen LogP contribution in [0.3, 0.4) is 0 Å². The van der Waals surface area contributed by atoms with Gasteiger partial charge < -0.3 is 25.5 Å². The number of aliphatic carboxylic acids is 1. The van der Waals surface area contributed by atoms with Crippen LogP contribution in [0.2, 0.25) is 0 Å². The molecule has 0 saturated carbocycles. The van der Waals surface area contributed by atoms with Gasteiger partial charge in [-0.15, -0.1) is 0 Å². The number of carboxylic acids is 1. The first-order chi connectivity index (χ1) is 12.5. The van der Waals surface area contributed by atoms with E-state index in [1.165, 1.54) is 24.3 Å². The summed E-state index contributed by atoms with van der Waals surface area (Å²) in [7, 11) is 0. The summed E-state index contributed by atoms with van der Waals surface area (Å²) in [5.74, 6) is -0.993. The molecule has 0 aromatic heterocycles. The molecule has 1 unspecified atom stereocenters. The molecule has 1 aromatic carbocycles. The number of hydrogen-bond acceptors (Lipinski definition) is 5. The summed E-state index contributed by atoms with van der Waals surface area (Å²) in [6.07, 6.45) is 4.79. The minimum Gasteiger partial charge on any atom is -0.508 e. The fraction of sp³-hybridized carbons (Fsp3) is 0.476. The van der Waals surface area contributed by atoms with Crippen molar-refractivity contribution in [3.63, 3.8) is 0 Å². The molecule has 0 aliphatic rings. The van der Waals surface area contributed by atoms with Gasteiger partial charge in [-0.05, 0) is 71.1 Å². The number of rotatable bonds is 10. The van der Waals surface area contributed by atoms with Gasteiger partial charge in [0.1, 0.15) is 11.5 Å². The van der Waals surface area contributed by atoms with Crippen LogP contribution in [0.5, 0.6) is 11.5 Å². The lowest BCUT2D eigenvalue weighted by atomic mass is 9.95. The van der Waals surface area contributed by atoms with Crippen LogP contribution in [-0.2, 0) is 11.2 Å². The Morgan fingerprint density at radius 1 is 1.19 bits per heavy atom. The van der Waals surface area contributed by atoms with Gasteiger partial charge in [-0.3, -0.25) is 0 Å². The van der Waals surface area contributed by atoms with E-state index in [1.807, 2.05) is 13.0 Å². The molecule has 0 fully saturated rings. The molecule has 6 nitrogen and oxygen atoms in total. The normalized spacial score (nSPS) is 14.3. The first kappa shape index (κ1) is 22.7. The van der Waals surface area contributed by atoms with Crippen molar-refractivity contribution in [1.82, 2.24) is 0 Å². The lowest BCUT2D eigenvalue weighted by molar-refractivity contribution is -0.132. The molecule has 0 saturated heterocycles. The Morgan fingerprint density at radius 3 is 2.44 bits per heavy atom. The Bertz CT molecular complexity index is 697. The monoisotopic (exact) mass is 378 g/mol. The van der Waals surface area contributed by atoms with Gasteiger partial charge in [-0.1, -0.05) is 17.7 Å². The lowest BCUT2D eigenvalue weighted by Crippen LogP contribution is -2.35. The minimum atomic E-state index is -1.14. The van der Waals surface area contributed by atoms with E-state index in [9.17, 15) is 30.3 Å². The molecule has 1 atom stereocenters. The maximum absolute atomic E-state index is 11.4. The molecule has 1 rings (SSSR count). The first-order valence-corrected chi connectivity index (χ1v) is 9.00. The first-order valence-electron chi connectivity index (χ1n) is 9.00. The quantitative estimate of drug-likeness (QED) is 0.242. The second-order valence-electron chi connectivity index (χ2n) is 7.35. The van der Waals surface area contributed by atoms with E-state index in [1.54, 1.807) is 13.8 Å². The largest absolute Gasteiger partial charge is 0.508 e.